The molecule has 0 radical (unpaired) electrons. The number of rotatable bonds is 3. The van der Waals surface area contributed by atoms with Crippen LogP contribution >= 0.6 is 11.6 Å². The first kappa shape index (κ1) is 16.3. The Bertz CT molecular complexity index is 620. The van der Waals surface area contributed by atoms with Crippen molar-refractivity contribution in [3.8, 4) is 0 Å². The van der Waals surface area contributed by atoms with Gasteiger partial charge in [-0.05, 0) is 44.0 Å². The molecule has 0 aromatic heterocycles. The number of nitrogens with zero attached hydrogens (tertiary/aromatic N) is 1. The number of carbonyl (C=O) groups is 2. The summed E-state index contributed by atoms with van der Waals surface area (Å²) in [4.78, 5) is 26.5. The molecular formula is C17H21ClN2O3. The summed E-state index contributed by atoms with van der Waals surface area (Å²) in [7, 11) is 0. The van der Waals surface area contributed by atoms with Crippen molar-refractivity contribution >= 4 is 29.2 Å². The number of nitrogens with one attached hydrogen (secondary N) is 1. The number of morpholine rings is 1. The van der Waals surface area contributed by atoms with Crippen molar-refractivity contribution in [2.24, 2.45) is 0 Å². The van der Waals surface area contributed by atoms with Crippen molar-refractivity contribution in [2.45, 2.75) is 44.7 Å². The topological polar surface area (TPSA) is 58.6 Å². The molecule has 23 heavy (non-hydrogen) atoms. The van der Waals surface area contributed by atoms with Crippen molar-refractivity contribution in [1.29, 1.82) is 0 Å². The van der Waals surface area contributed by atoms with Gasteiger partial charge in [0.15, 0.2) is 0 Å². The number of carbonyl (C=O) groups excluding carboxylic acids is 2. The van der Waals surface area contributed by atoms with E-state index in [1.165, 1.54) is 0 Å². The van der Waals surface area contributed by atoms with Gasteiger partial charge in [0.1, 0.15) is 12.6 Å². The lowest BCUT2D eigenvalue weighted by Gasteiger charge is -2.43. The van der Waals surface area contributed by atoms with Crippen molar-refractivity contribution in [2.75, 3.05) is 18.5 Å². The zero-order valence-corrected chi connectivity index (χ0v) is 13.9. The van der Waals surface area contributed by atoms with Gasteiger partial charge < -0.3 is 10.1 Å². The van der Waals surface area contributed by atoms with Gasteiger partial charge >= 0.3 is 5.97 Å². The number of ether oxygens (including phenoxy) is 1. The standard InChI is InChI=1S/C17H21ClN2O3/c1-11-5-6-12(8-14(11)18)19-16(21)9-15-17(22)23-10-13-4-2-3-7-20(13)15/h5-6,8,13,15H,2-4,7,9-10H2,1H3,(H,19,21)/t13-,15+/m1/s1. The lowest BCUT2D eigenvalue weighted by molar-refractivity contribution is -0.165. The molecule has 124 valence electrons. The molecule has 3 rings (SSSR count). The van der Waals surface area contributed by atoms with E-state index < -0.39 is 6.04 Å². The van der Waals surface area contributed by atoms with Gasteiger partial charge in [0.05, 0.1) is 6.42 Å². The summed E-state index contributed by atoms with van der Waals surface area (Å²) in [5, 5.41) is 3.42. The molecular weight excluding hydrogens is 316 g/mol. The molecule has 5 nitrogen and oxygen atoms in total. The van der Waals surface area contributed by atoms with Crippen LogP contribution in [0.2, 0.25) is 5.02 Å². The normalized spacial score (nSPS) is 24.7. The van der Waals surface area contributed by atoms with Crippen LogP contribution in [-0.2, 0) is 14.3 Å². The van der Waals surface area contributed by atoms with E-state index in [1.54, 1.807) is 6.07 Å². The van der Waals surface area contributed by atoms with Crippen LogP contribution < -0.4 is 5.32 Å². The van der Waals surface area contributed by atoms with Crippen LogP contribution in [-0.4, -0.2) is 42.0 Å². The Balaban J connectivity index is 1.65. The summed E-state index contributed by atoms with van der Waals surface area (Å²) in [6, 6.07) is 5.16. The van der Waals surface area contributed by atoms with E-state index in [0.29, 0.717) is 17.3 Å². The lowest BCUT2D eigenvalue weighted by Crippen LogP contribution is -2.57. The second kappa shape index (κ2) is 6.89. The molecule has 1 aromatic carbocycles. The van der Waals surface area contributed by atoms with Gasteiger partial charge in [-0.3, -0.25) is 14.5 Å². The molecule has 2 atom stereocenters. The van der Waals surface area contributed by atoms with Crippen LogP contribution in [0.4, 0.5) is 5.69 Å². The maximum Gasteiger partial charge on any atom is 0.323 e. The van der Waals surface area contributed by atoms with Gasteiger partial charge in [-0.2, -0.15) is 0 Å². The molecule has 1 aromatic rings. The van der Waals surface area contributed by atoms with Crippen LogP contribution in [0.5, 0.6) is 0 Å². The molecule has 0 spiro atoms. The van der Waals surface area contributed by atoms with Crippen molar-refractivity contribution < 1.29 is 14.3 Å². The molecule has 2 fully saturated rings. The van der Waals surface area contributed by atoms with Gasteiger partial charge in [-0.15, -0.1) is 0 Å². The highest BCUT2D eigenvalue weighted by Gasteiger charge is 2.40. The number of piperidine rings is 1. The van der Waals surface area contributed by atoms with Gasteiger partial charge in [0.2, 0.25) is 5.91 Å². The molecule has 0 bridgehead atoms. The molecule has 1 amide bonds. The van der Waals surface area contributed by atoms with Gasteiger partial charge in [0, 0.05) is 16.8 Å². The molecule has 6 heteroatoms. The number of hydrogen-bond acceptors (Lipinski definition) is 4. The fraction of sp³-hybridized carbons (Fsp3) is 0.529. The minimum absolute atomic E-state index is 0.112. The average molecular weight is 337 g/mol. The Hall–Kier alpha value is -1.59. The molecule has 0 aliphatic carbocycles. The minimum Gasteiger partial charge on any atom is -0.463 e. The Morgan fingerprint density at radius 3 is 3.04 bits per heavy atom. The molecule has 2 aliphatic rings. The highest BCUT2D eigenvalue weighted by molar-refractivity contribution is 6.31. The highest BCUT2D eigenvalue weighted by atomic mass is 35.5. The predicted octanol–water partition coefficient (Wildman–Crippen LogP) is 2.76. The quantitative estimate of drug-likeness (QED) is 0.862. The third kappa shape index (κ3) is 3.67. The second-order valence-corrected chi connectivity index (χ2v) is 6.66. The molecule has 0 saturated carbocycles. The van der Waals surface area contributed by atoms with Gasteiger partial charge in [0.25, 0.3) is 0 Å². The number of halogens is 1. The average Bonchev–Trinajstić information content (AvgIpc) is 2.54. The summed E-state index contributed by atoms with van der Waals surface area (Å²) in [5.74, 6) is -0.488. The molecule has 2 heterocycles. The van der Waals surface area contributed by atoms with Gasteiger partial charge in [-0.1, -0.05) is 24.1 Å². The summed E-state index contributed by atoms with van der Waals surface area (Å²) in [5.41, 5.74) is 1.60. The lowest BCUT2D eigenvalue weighted by atomic mass is 9.97. The van der Waals surface area contributed by atoms with E-state index in [-0.39, 0.29) is 24.3 Å². The number of fused-ring (bicyclic) bond motifs is 1. The Kier molecular flexibility index (Phi) is 4.87. The van der Waals surface area contributed by atoms with Crippen LogP contribution in [0.25, 0.3) is 0 Å². The smallest absolute Gasteiger partial charge is 0.323 e. The fourth-order valence-corrected chi connectivity index (χ4v) is 3.46. The Morgan fingerprint density at radius 2 is 2.26 bits per heavy atom. The first-order valence-corrected chi connectivity index (χ1v) is 8.41. The van der Waals surface area contributed by atoms with E-state index in [2.05, 4.69) is 10.2 Å². The summed E-state index contributed by atoms with van der Waals surface area (Å²) in [6.45, 7) is 3.21. The van der Waals surface area contributed by atoms with Crippen LogP contribution in [0, 0.1) is 6.92 Å². The Morgan fingerprint density at radius 1 is 1.43 bits per heavy atom. The summed E-state index contributed by atoms with van der Waals surface area (Å²) >= 11 is 6.07. The summed E-state index contributed by atoms with van der Waals surface area (Å²) in [6.07, 6.45) is 3.36. The monoisotopic (exact) mass is 336 g/mol. The predicted molar refractivity (Wildman–Crippen MR) is 88.5 cm³/mol. The number of esters is 1. The molecule has 1 N–H and O–H groups in total. The van der Waals surface area contributed by atoms with Crippen molar-refractivity contribution in [1.82, 2.24) is 4.90 Å². The molecule has 0 unspecified atom stereocenters. The number of amides is 1. The summed E-state index contributed by atoms with van der Waals surface area (Å²) < 4.78 is 5.26. The van der Waals surface area contributed by atoms with Crippen LogP contribution in [0.1, 0.15) is 31.2 Å². The number of aryl methyl sites for hydroxylation is 1. The first-order chi connectivity index (χ1) is 11.0. The Labute approximate surface area is 140 Å². The number of hydrogen-bond donors (Lipinski definition) is 1. The molecule has 2 aliphatic heterocycles. The van der Waals surface area contributed by atoms with E-state index in [9.17, 15) is 9.59 Å². The second-order valence-electron chi connectivity index (χ2n) is 6.25. The van der Waals surface area contributed by atoms with Crippen molar-refractivity contribution in [3.05, 3.63) is 28.8 Å². The number of anilines is 1. The van der Waals surface area contributed by atoms with Crippen LogP contribution in [0.15, 0.2) is 18.2 Å². The number of cyclic esters (lactones) is 1. The number of benzene rings is 1. The highest BCUT2D eigenvalue weighted by Crippen LogP contribution is 2.26. The van der Waals surface area contributed by atoms with E-state index >= 15 is 0 Å². The van der Waals surface area contributed by atoms with E-state index in [0.717, 1.165) is 31.4 Å². The van der Waals surface area contributed by atoms with E-state index in [1.807, 2.05) is 19.1 Å². The largest absolute Gasteiger partial charge is 0.463 e. The zero-order valence-electron chi connectivity index (χ0n) is 13.2. The first-order valence-electron chi connectivity index (χ1n) is 8.03. The van der Waals surface area contributed by atoms with Crippen LogP contribution in [0.3, 0.4) is 0 Å². The maximum absolute atomic E-state index is 12.3. The van der Waals surface area contributed by atoms with Gasteiger partial charge in [-0.25, -0.2) is 0 Å². The third-order valence-electron chi connectivity index (χ3n) is 4.60. The maximum atomic E-state index is 12.3. The van der Waals surface area contributed by atoms with Crippen molar-refractivity contribution in [3.63, 3.8) is 0 Å². The minimum atomic E-state index is -0.477. The fourth-order valence-electron chi connectivity index (χ4n) is 3.28. The van der Waals surface area contributed by atoms with E-state index in [4.69, 9.17) is 16.3 Å². The molecule has 2 saturated heterocycles. The zero-order chi connectivity index (χ0) is 16.4. The SMILES string of the molecule is Cc1ccc(NC(=O)C[C@H]2C(=O)OC[C@H]3CCCCN32)cc1Cl. The third-order valence-corrected chi connectivity index (χ3v) is 5.00.